The average Bonchev–Trinajstić information content (AvgIpc) is 2.23. The molecule has 0 atom stereocenters. The predicted octanol–water partition coefficient (Wildman–Crippen LogP) is 2.85. The summed E-state index contributed by atoms with van der Waals surface area (Å²) in [7, 11) is 0. The van der Waals surface area contributed by atoms with Crippen LogP contribution in [0.4, 0.5) is 0 Å². The van der Waals surface area contributed by atoms with Crippen LogP contribution in [0.5, 0.6) is 0 Å². The quantitative estimate of drug-likeness (QED) is 0.493. The highest BCUT2D eigenvalue weighted by molar-refractivity contribution is 5.49. The van der Waals surface area contributed by atoms with Crippen molar-refractivity contribution in [3.05, 3.63) is 24.0 Å². The van der Waals surface area contributed by atoms with E-state index in [4.69, 9.17) is 4.74 Å². The van der Waals surface area contributed by atoms with Crippen LogP contribution in [0, 0.1) is 0 Å². The summed E-state index contributed by atoms with van der Waals surface area (Å²) in [5, 5.41) is 0. The first-order chi connectivity index (χ1) is 6.43. The van der Waals surface area contributed by atoms with E-state index < -0.39 is 0 Å². The number of allylic oxidation sites excluding steroid dienone is 4. The molecule has 0 unspecified atom stereocenters. The summed E-state index contributed by atoms with van der Waals surface area (Å²) in [6, 6.07) is 0. The highest BCUT2D eigenvalue weighted by Gasteiger charge is 1.98. The number of ether oxygens (including phenoxy) is 1. The summed E-state index contributed by atoms with van der Waals surface area (Å²) in [6.07, 6.45) is 9.42. The first kappa shape index (κ1) is 11.9. The fraction of sp³-hybridized carbons (Fsp3) is 0.545. The summed E-state index contributed by atoms with van der Waals surface area (Å²) in [5.74, 6) is 0.995. The van der Waals surface area contributed by atoms with Gasteiger partial charge in [-0.05, 0) is 12.5 Å². The Labute approximate surface area is 80.3 Å². The maximum Gasteiger partial charge on any atom is 0.123 e. The molecular weight excluding hydrogens is 164 g/mol. The number of rotatable bonds is 4. The summed E-state index contributed by atoms with van der Waals surface area (Å²) >= 11 is 0. The van der Waals surface area contributed by atoms with Gasteiger partial charge in [-0.2, -0.15) is 0 Å². The Bertz CT molecular complexity index is 181. The lowest BCUT2D eigenvalue weighted by Gasteiger charge is -2.09. The van der Waals surface area contributed by atoms with Gasteiger partial charge in [-0.3, -0.25) is 0 Å². The second kappa shape index (κ2) is 9.04. The van der Waals surface area contributed by atoms with Crippen LogP contribution in [-0.2, 0) is 9.53 Å². The molecule has 0 fully saturated rings. The molecule has 0 heterocycles. The van der Waals surface area contributed by atoms with E-state index in [1.54, 1.807) is 0 Å². The van der Waals surface area contributed by atoms with Crippen molar-refractivity contribution in [2.24, 2.45) is 0 Å². The van der Waals surface area contributed by atoms with Crippen LogP contribution in [0.2, 0.25) is 0 Å². The zero-order chi connectivity index (χ0) is 9.94. The molecule has 0 radical (unpaired) electrons. The Morgan fingerprint density at radius 3 is 2.85 bits per heavy atom. The number of aldehydes is 1. The lowest BCUT2D eigenvalue weighted by Crippen LogP contribution is -1.97. The number of hydrogen-bond donors (Lipinski definition) is 0. The van der Waals surface area contributed by atoms with Gasteiger partial charge in [-0.1, -0.05) is 26.0 Å². The Morgan fingerprint density at radius 1 is 1.54 bits per heavy atom. The van der Waals surface area contributed by atoms with Gasteiger partial charge in [0.15, 0.2) is 0 Å². The normalized spacial score (nSPS) is 13.8. The molecule has 2 heteroatoms. The van der Waals surface area contributed by atoms with E-state index in [9.17, 15) is 4.79 Å². The molecular formula is C11H18O2. The van der Waals surface area contributed by atoms with Crippen molar-refractivity contribution in [1.29, 1.82) is 0 Å². The van der Waals surface area contributed by atoms with Crippen LogP contribution >= 0.6 is 0 Å². The summed E-state index contributed by atoms with van der Waals surface area (Å²) in [5.41, 5.74) is 0. The maximum absolute atomic E-state index is 9.93. The minimum absolute atomic E-state index is 0.487. The molecule has 74 valence electrons. The second-order valence-electron chi connectivity index (χ2n) is 2.40. The molecule has 1 rings (SSSR count). The number of carbonyl (C=O) groups is 1. The van der Waals surface area contributed by atoms with Gasteiger partial charge in [-0.25, -0.2) is 0 Å². The van der Waals surface area contributed by atoms with Gasteiger partial charge >= 0.3 is 0 Å². The molecule has 0 N–H and O–H groups in total. The van der Waals surface area contributed by atoms with E-state index in [2.05, 4.69) is 6.08 Å². The van der Waals surface area contributed by atoms with Crippen molar-refractivity contribution in [1.82, 2.24) is 0 Å². The molecule has 0 aliphatic heterocycles. The smallest absolute Gasteiger partial charge is 0.123 e. The van der Waals surface area contributed by atoms with E-state index >= 15 is 0 Å². The number of carbonyl (C=O) groups excluding carboxylic acids is 1. The van der Waals surface area contributed by atoms with Crippen molar-refractivity contribution < 1.29 is 9.53 Å². The Hall–Kier alpha value is -1.05. The van der Waals surface area contributed by atoms with E-state index in [1.807, 2.05) is 26.0 Å². The molecule has 1 aliphatic rings. The minimum Gasteiger partial charge on any atom is -0.497 e. The van der Waals surface area contributed by atoms with Crippen molar-refractivity contribution in [3.8, 4) is 0 Å². The third-order valence-corrected chi connectivity index (χ3v) is 1.50. The zero-order valence-corrected chi connectivity index (χ0v) is 8.45. The first-order valence-corrected chi connectivity index (χ1v) is 4.85. The fourth-order valence-electron chi connectivity index (χ4n) is 0.939. The molecule has 0 spiro atoms. The van der Waals surface area contributed by atoms with E-state index in [0.717, 1.165) is 24.9 Å². The van der Waals surface area contributed by atoms with Gasteiger partial charge in [0.1, 0.15) is 6.29 Å². The molecule has 0 saturated carbocycles. The van der Waals surface area contributed by atoms with Gasteiger partial charge in [0.2, 0.25) is 0 Å². The second-order valence-corrected chi connectivity index (χ2v) is 2.40. The van der Waals surface area contributed by atoms with E-state index in [0.29, 0.717) is 13.0 Å². The summed E-state index contributed by atoms with van der Waals surface area (Å²) in [4.78, 5) is 9.93. The van der Waals surface area contributed by atoms with Gasteiger partial charge in [0, 0.05) is 12.8 Å². The third-order valence-electron chi connectivity index (χ3n) is 1.50. The summed E-state index contributed by atoms with van der Waals surface area (Å²) < 4.78 is 5.30. The average molecular weight is 182 g/mol. The summed E-state index contributed by atoms with van der Waals surface area (Å²) in [6.45, 7) is 4.52. The zero-order valence-electron chi connectivity index (χ0n) is 8.45. The van der Waals surface area contributed by atoms with Crippen molar-refractivity contribution in [2.45, 2.75) is 33.1 Å². The molecule has 0 aromatic carbocycles. The lowest BCUT2D eigenvalue weighted by molar-refractivity contribution is -0.108. The predicted molar refractivity (Wildman–Crippen MR) is 54.4 cm³/mol. The van der Waals surface area contributed by atoms with Crippen LogP contribution in [-0.4, -0.2) is 12.9 Å². The molecule has 0 amide bonds. The lowest BCUT2D eigenvalue weighted by atomic mass is 10.2. The minimum atomic E-state index is 0.487. The molecule has 0 aromatic heterocycles. The fourth-order valence-corrected chi connectivity index (χ4v) is 0.939. The molecule has 0 aromatic rings. The number of hydrogen-bond acceptors (Lipinski definition) is 2. The Morgan fingerprint density at radius 2 is 2.31 bits per heavy atom. The Balaban J connectivity index is 0.000000671. The van der Waals surface area contributed by atoms with Crippen molar-refractivity contribution >= 4 is 6.29 Å². The van der Waals surface area contributed by atoms with Crippen LogP contribution < -0.4 is 0 Å². The van der Waals surface area contributed by atoms with Crippen LogP contribution in [0.25, 0.3) is 0 Å². The first-order valence-electron chi connectivity index (χ1n) is 4.85. The van der Waals surface area contributed by atoms with Gasteiger partial charge in [0.05, 0.1) is 12.4 Å². The molecule has 0 bridgehead atoms. The van der Waals surface area contributed by atoms with Crippen LogP contribution in [0.15, 0.2) is 24.0 Å². The Kier molecular flexibility index (Phi) is 8.31. The topological polar surface area (TPSA) is 26.3 Å². The maximum atomic E-state index is 9.93. The van der Waals surface area contributed by atoms with Gasteiger partial charge < -0.3 is 9.53 Å². The van der Waals surface area contributed by atoms with Gasteiger partial charge in [-0.15, -0.1) is 0 Å². The highest BCUT2D eigenvalue weighted by Crippen LogP contribution is 2.12. The van der Waals surface area contributed by atoms with E-state index in [-0.39, 0.29) is 0 Å². The van der Waals surface area contributed by atoms with Crippen molar-refractivity contribution in [3.63, 3.8) is 0 Å². The van der Waals surface area contributed by atoms with Crippen LogP contribution in [0.3, 0.4) is 0 Å². The molecule has 1 aliphatic carbocycles. The SMILES string of the molecule is CC.O=CCCOC1=CC=CCC1. The molecule has 0 saturated heterocycles. The van der Waals surface area contributed by atoms with Crippen molar-refractivity contribution in [2.75, 3.05) is 6.61 Å². The molecule has 13 heavy (non-hydrogen) atoms. The monoisotopic (exact) mass is 182 g/mol. The van der Waals surface area contributed by atoms with Crippen LogP contribution in [0.1, 0.15) is 33.1 Å². The third kappa shape index (κ3) is 6.14. The largest absolute Gasteiger partial charge is 0.497 e. The molecule has 2 nitrogen and oxygen atoms in total. The van der Waals surface area contributed by atoms with E-state index in [1.165, 1.54) is 0 Å². The standard InChI is InChI=1S/C9H12O2.C2H6/c10-7-4-8-11-9-5-2-1-3-6-9;1-2/h1-2,5,7H,3-4,6,8H2;1-2H3. The van der Waals surface area contributed by atoms with Gasteiger partial charge in [0.25, 0.3) is 0 Å². The highest BCUT2D eigenvalue weighted by atomic mass is 16.5.